The molecule has 0 atom stereocenters. The predicted molar refractivity (Wildman–Crippen MR) is 66.6 cm³/mol. The molecule has 1 heterocycles. The van der Waals surface area contributed by atoms with E-state index in [4.69, 9.17) is 10.2 Å². The lowest BCUT2D eigenvalue weighted by molar-refractivity contribution is -0.136. The number of nitrogens with zero attached hydrogens (tertiary/aromatic N) is 1. The number of hydrogen-bond acceptors (Lipinski definition) is 3. The number of halogens is 1. The molecule has 1 aromatic carbocycles. The van der Waals surface area contributed by atoms with E-state index in [1.54, 1.807) is 0 Å². The molecule has 1 aromatic heterocycles. The normalized spacial score (nSPS) is 10.8. The van der Waals surface area contributed by atoms with Crippen molar-refractivity contribution in [2.45, 2.75) is 13.0 Å². The quantitative estimate of drug-likeness (QED) is 0.855. The molecule has 0 spiro atoms. The van der Waals surface area contributed by atoms with Crippen LogP contribution in [-0.2, 0) is 17.8 Å². The van der Waals surface area contributed by atoms with Crippen LogP contribution in [0.5, 0.6) is 0 Å². The first-order valence-corrected chi connectivity index (χ1v) is 5.68. The molecule has 6 heteroatoms. The highest BCUT2D eigenvalue weighted by molar-refractivity contribution is 5.81. The second-order valence-electron chi connectivity index (χ2n) is 4.08. The molecule has 2 aromatic rings. The number of para-hydroxylation sites is 1. The number of carbonyl (C=O) groups is 1. The van der Waals surface area contributed by atoms with Gasteiger partial charge in [0.1, 0.15) is 5.82 Å². The summed E-state index contributed by atoms with van der Waals surface area (Å²) in [6.07, 6.45) is -0.403. The van der Waals surface area contributed by atoms with Crippen molar-refractivity contribution in [1.29, 1.82) is 0 Å². The fourth-order valence-corrected chi connectivity index (χ4v) is 2.10. The number of carboxylic acids is 1. The van der Waals surface area contributed by atoms with Gasteiger partial charge in [-0.3, -0.25) is 9.59 Å². The van der Waals surface area contributed by atoms with E-state index in [1.807, 2.05) is 0 Å². The molecule has 0 aliphatic heterocycles. The Labute approximate surface area is 107 Å². The highest BCUT2D eigenvalue weighted by Gasteiger charge is 2.14. The summed E-state index contributed by atoms with van der Waals surface area (Å²) >= 11 is 0. The van der Waals surface area contributed by atoms with Gasteiger partial charge in [-0.05, 0) is 12.1 Å². The second-order valence-corrected chi connectivity index (χ2v) is 4.08. The zero-order valence-electron chi connectivity index (χ0n) is 9.97. The number of aliphatic carboxylic acids is 1. The molecule has 0 saturated heterocycles. The maximum atomic E-state index is 13.9. The zero-order valence-corrected chi connectivity index (χ0v) is 9.97. The summed E-state index contributed by atoms with van der Waals surface area (Å²) in [7, 11) is 0. The maximum absolute atomic E-state index is 13.9. The Balaban J connectivity index is 2.82. The van der Waals surface area contributed by atoms with Crippen LogP contribution in [0.15, 0.2) is 29.1 Å². The highest BCUT2D eigenvalue weighted by atomic mass is 19.1. The van der Waals surface area contributed by atoms with Gasteiger partial charge in [-0.1, -0.05) is 6.07 Å². The number of hydrogen-bond donors (Lipinski definition) is 2. The minimum atomic E-state index is -1.12. The molecule has 0 fully saturated rings. The minimum absolute atomic E-state index is 0.0281. The third kappa shape index (κ3) is 2.48. The number of aliphatic hydroxyl groups excluding tert-OH is 1. The van der Waals surface area contributed by atoms with E-state index in [-0.39, 0.29) is 29.7 Å². The Bertz CT molecular complexity index is 693. The van der Waals surface area contributed by atoms with Crippen LogP contribution in [0.4, 0.5) is 4.39 Å². The van der Waals surface area contributed by atoms with Crippen LogP contribution in [0.1, 0.15) is 5.69 Å². The van der Waals surface area contributed by atoms with Crippen molar-refractivity contribution < 1.29 is 19.4 Å². The molecule has 0 unspecified atom stereocenters. The summed E-state index contributed by atoms with van der Waals surface area (Å²) in [5.41, 5.74) is -0.232. The van der Waals surface area contributed by atoms with E-state index < -0.39 is 23.6 Å². The summed E-state index contributed by atoms with van der Waals surface area (Å²) in [5, 5.41) is 18.0. The van der Waals surface area contributed by atoms with Crippen molar-refractivity contribution in [3.05, 3.63) is 46.0 Å². The first-order chi connectivity index (χ1) is 9.04. The summed E-state index contributed by atoms with van der Waals surface area (Å²) < 4.78 is 15.2. The van der Waals surface area contributed by atoms with E-state index in [2.05, 4.69) is 0 Å². The Kier molecular flexibility index (Phi) is 3.62. The smallest absolute Gasteiger partial charge is 0.309 e. The Hall–Kier alpha value is -2.21. The summed E-state index contributed by atoms with van der Waals surface area (Å²) in [4.78, 5) is 22.6. The van der Waals surface area contributed by atoms with Gasteiger partial charge in [0.05, 0.1) is 18.5 Å². The van der Waals surface area contributed by atoms with Crippen molar-refractivity contribution in [2.24, 2.45) is 0 Å². The van der Waals surface area contributed by atoms with Gasteiger partial charge < -0.3 is 14.8 Å². The van der Waals surface area contributed by atoms with Crippen LogP contribution in [0.25, 0.3) is 10.9 Å². The number of aromatic nitrogens is 1. The van der Waals surface area contributed by atoms with E-state index in [1.165, 1.54) is 28.8 Å². The van der Waals surface area contributed by atoms with Gasteiger partial charge in [0.25, 0.3) is 0 Å². The van der Waals surface area contributed by atoms with Crippen LogP contribution in [0, 0.1) is 5.82 Å². The predicted octanol–water partition coefficient (Wildman–Crippen LogP) is 0.760. The monoisotopic (exact) mass is 265 g/mol. The van der Waals surface area contributed by atoms with Crippen molar-refractivity contribution in [2.75, 3.05) is 6.61 Å². The standard InChI is InChI=1S/C13H12FNO4/c14-10-3-1-2-9-11(17)6-8(7-12(18)19)15(4-5-16)13(9)10/h1-3,6,16H,4-5,7H2,(H,18,19). The van der Waals surface area contributed by atoms with Gasteiger partial charge in [-0.15, -0.1) is 0 Å². The zero-order chi connectivity index (χ0) is 14.0. The molecular formula is C13H12FNO4. The van der Waals surface area contributed by atoms with Crippen molar-refractivity contribution in [3.8, 4) is 0 Å². The molecule has 2 N–H and O–H groups in total. The minimum Gasteiger partial charge on any atom is -0.481 e. The number of pyridine rings is 1. The molecule has 0 radical (unpaired) electrons. The number of fused-ring (bicyclic) bond motifs is 1. The maximum Gasteiger partial charge on any atom is 0.309 e. The van der Waals surface area contributed by atoms with Gasteiger partial charge in [0.2, 0.25) is 0 Å². The highest BCUT2D eigenvalue weighted by Crippen LogP contribution is 2.17. The van der Waals surface area contributed by atoms with Crippen molar-refractivity contribution in [3.63, 3.8) is 0 Å². The molecular weight excluding hydrogens is 253 g/mol. The average Bonchev–Trinajstić information content (AvgIpc) is 2.34. The largest absolute Gasteiger partial charge is 0.481 e. The first kappa shape index (κ1) is 13.2. The average molecular weight is 265 g/mol. The SMILES string of the molecule is O=C(O)Cc1cc(=O)c2cccc(F)c2n1CCO. The first-order valence-electron chi connectivity index (χ1n) is 5.68. The Morgan fingerprint density at radius 1 is 1.37 bits per heavy atom. The number of carboxylic acid groups (broad SMARTS) is 1. The van der Waals surface area contributed by atoms with E-state index in [0.29, 0.717) is 0 Å². The molecule has 0 aliphatic carbocycles. The molecule has 2 rings (SSSR count). The molecule has 19 heavy (non-hydrogen) atoms. The van der Waals surface area contributed by atoms with E-state index >= 15 is 0 Å². The lowest BCUT2D eigenvalue weighted by atomic mass is 10.1. The van der Waals surface area contributed by atoms with Crippen LogP contribution in [-0.4, -0.2) is 27.4 Å². The van der Waals surface area contributed by atoms with Gasteiger partial charge in [0.15, 0.2) is 5.43 Å². The lowest BCUT2D eigenvalue weighted by Gasteiger charge is -2.15. The molecule has 0 bridgehead atoms. The number of aliphatic hydroxyl groups is 1. The second kappa shape index (κ2) is 5.19. The molecule has 100 valence electrons. The molecule has 0 saturated carbocycles. The van der Waals surface area contributed by atoms with Crippen LogP contribution >= 0.6 is 0 Å². The summed E-state index contributed by atoms with van der Waals surface area (Å²) in [6.45, 7) is -0.251. The van der Waals surface area contributed by atoms with Crippen LogP contribution in [0.2, 0.25) is 0 Å². The fourth-order valence-electron chi connectivity index (χ4n) is 2.10. The van der Waals surface area contributed by atoms with Gasteiger partial charge in [-0.25, -0.2) is 4.39 Å². The number of rotatable bonds is 4. The molecule has 0 amide bonds. The molecule has 0 aliphatic rings. The van der Waals surface area contributed by atoms with Crippen LogP contribution < -0.4 is 5.43 Å². The Morgan fingerprint density at radius 2 is 2.11 bits per heavy atom. The van der Waals surface area contributed by atoms with Crippen molar-refractivity contribution in [1.82, 2.24) is 4.57 Å². The third-order valence-corrected chi connectivity index (χ3v) is 2.82. The van der Waals surface area contributed by atoms with Gasteiger partial charge >= 0.3 is 5.97 Å². The molecule has 5 nitrogen and oxygen atoms in total. The Morgan fingerprint density at radius 3 is 2.74 bits per heavy atom. The van der Waals surface area contributed by atoms with Gasteiger partial charge in [-0.2, -0.15) is 0 Å². The van der Waals surface area contributed by atoms with E-state index in [0.717, 1.165) is 0 Å². The fraction of sp³-hybridized carbons (Fsp3) is 0.231. The topological polar surface area (TPSA) is 79.5 Å². The van der Waals surface area contributed by atoms with Crippen molar-refractivity contribution >= 4 is 16.9 Å². The van der Waals surface area contributed by atoms with Crippen LogP contribution in [0.3, 0.4) is 0 Å². The van der Waals surface area contributed by atoms with E-state index in [9.17, 15) is 14.0 Å². The third-order valence-electron chi connectivity index (χ3n) is 2.82. The lowest BCUT2D eigenvalue weighted by Crippen LogP contribution is -2.19. The summed E-state index contributed by atoms with van der Waals surface area (Å²) in [6, 6.07) is 5.25. The number of benzene rings is 1. The summed E-state index contributed by atoms with van der Waals surface area (Å²) in [5.74, 6) is -1.74. The van der Waals surface area contributed by atoms with Gasteiger partial charge in [0, 0.05) is 23.7 Å².